The van der Waals surface area contributed by atoms with Gasteiger partial charge in [0.15, 0.2) is 0 Å². The van der Waals surface area contributed by atoms with Gasteiger partial charge in [-0.3, -0.25) is 0 Å². The Hall–Kier alpha value is -2.06. The molecule has 0 aliphatic heterocycles. The lowest BCUT2D eigenvalue weighted by Crippen LogP contribution is -2.09. The van der Waals surface area contributed by atoms with Gasteiger partial charge in [-0.1, -0.05) is 17.7 Å². The molecule has 5 nitrogen and oxygen atoms in total. The van der Waals surface area contributed by atoms with Gasteiger partial charge in [0.1, 0.15) is 36.6 Å². The van der Waals surface area contributed by atoms with Crippen molar-refractivity contribution >= 4 is 11.6 Å². The zero-order valence-corrected chi connectivity index (χ0v) is 9.63. The van der Waals surface area contributed by atoms with E-state index in [1.54, 1.807) is 29.2 Å². The van der Waals surface area contributed by atoms with Crippen molar-refractivity contribution < 1.29 is 4.74 Å². The summed E-state index contributed by atoms with van der Waals surface area (Å²) in [4.78, 5) is 3.82. The maximum Gasteiger partial charge on any atom is 0.138 e. The Kier molecular flexibility index (Phi) is 3.58. The summed E-state index contributed by atoms with van der Waals surface area (Å²) < 4.78 is 7.14. The molecule has 17 heavy (non-hydrogen) atoms. The van der Waals surface area contributed by atoms with Crippen LogP contribution in [-0.2, 0) is 6.54 Å². The maximum atomic E-state index is 8.94. The fraction of sp³-hybridized carbons (Fsp3) is 0.182. The predicted octanol–water partition coefficient (Wildman–Crippen LogP) is 1.88. The fourth-order valence-corrected chi connectivity index (χ4v) is 1.54. The van der Waals surface area contributed by atoms with Crippen LogP contribution in [0.4, 0.5) is 0 Å². The van der Waals surface area contributed by atoms with Crippen molar-refractivity contribution in [1.29, 1.82) is 5.26 Å². The predicted molar refractivity (Wildman–Crippen MR) is 61.7 cm³/mol. The Morgan fingerprint density at radius 3 is 3.06 bits per heavy atom. The summed E-state index contributed by atoms with van der Waals surface area (Å²) in [6.07, 6.45) is 3.06. The Bertz CT molecular complexity index is 533. The van der Waals surface area contributed by atoms with Crippen LogP contribution in [0.5, 0.6) is 5.75 Å². The summed E-state index contributed by atoms with van der Waals surface area (Å²) in [7, 11) is 0. The lowest BCUT2D eigenvalue weighted by Gasteiger charge is -2.08. The molecule has 0 unspecified atom stereocenters. The molecule has 2 aromatic rings. The number of rotatable bonds is 4. The van der Waals surface area contributed by atoms with E-state index in [0.29, 0.717) is 29.5 Å². The number of nitriles is 1. The van der Waals surface area contributed by atoms with Gasteiger partial charge >= 0.3 is 0 Å². The van der Waals surface area contributed by atoms with Gasteiger partial charge in [-0.05, 0) is 12.1 Å². The van der Waals surface area contributed by atoms with E-state index in [4.69, 9.17) is 21.6 Å². The first kappa shape index (κ1) is 11.4. The van der Waals surface area contributed by atoms with Crippen molar-refractivity contribution in [2.75, 3.05) is 6.61 Å². The van der Waals surface area contributed by atoms with E-state index in [-0.39, 0.29) is 0 Å². The van der Waals surface area contributed by atoms with E-state index in [2.05, 4.69) is 10.1 Å². The number of nitrogens with zero attached hydrogens (tertiary/aromatic N) is 4. The van der Waals surface area contributed by atoms with Crippen LogP contribution in [0, 0.1) is 11.3 Å². The highest BCUT2D eigenvalue weighted by atomic mass is 35.5. The van der Waals surface area contributed by atoms with Crippen molar-refractivity contribution in [3.8, 4) is 11.8 Å². The summed E-state index contributed by atoms with van der Waals surface area (Å²) >= 11 is 5.88. The van der Waals surface area contributed by atoms with Gasteiger partial charge in [0.05, 0.1) is 11.6 Å². The van der Waals surface area contributed by atoms with Gasteiger partial charge in [-0.2, -0.15) is 10.4 Å². The third-order valence-electron chi connectivity index (χ3n) is 2.13. The molecule has 1 aromatic heterocycles. The first-order valence-corrected chi connectivity index (χ1v) is 5.33. The molecular formula is C11H9ClN4O. The molecule has 1 heterocycles. The molecule has 6 heteroatoms. The second-order valence-corrected chi connectivity index (χ2v) is 3.64. The second kappa shape index (κ2) is 5.32. The number of hydrogen-bond acceptors (Lipinski definition) is 4. The highest BCUT2D eigenvalue weighted by molar-refractivity contribution is 6.31. The molecule has 0 radical (unpaired) electrons. The standard InChI is InChI=1S/C11H9ClN4O/c12-10-2-1-3-11(9(10)6-13)17-5-4-16-8-14-7-15-16/h1-3,7-8H,4-5H2. The quantitative estimate of drug-likeness (QED) is 0.829. The number of ether oxygens (including phenoxy) is 1. The number of aromatic nitrogens is 3. The maximum absolute atomic E-state index is 8.94. The minimum atomic E-state index is 0.354. The van der Waals surface area contributed by atoms with Crippen LogP contribution in [0.1, 0.15) is 5.56 Å². The van der Waals surface area contributed by atoms with Gasteiger partial charge in [-0.25, -0.2) is 9.67 Å². The topological polar surface area (TPSA) is 63.7 Å². The van der Waals surface area contributed by atoms with Crippen LogP contribution < -0.4 is 4.74 Å². The number of benzene rings is 1. The molecule has 0 saturated carbocycles. The Balaban J connectivity index is 2.00. The van der Waals surface area contributed by atoms with E-state index >= 15 is 0 Å². The molecular weight excluding hydrogens is 240 g/mol. The zero-order valence-electron chi connectivity index (χ0n) is 8.88. The average molecular weight is 249 g/mol. The van der Waals surface area contributed by atoms with E-state index in [0.717, 1.165) is 0 Å². The lowest BCUT2D eigenvalue weighted by molar-refractivity contribution is 0.290. The van der Waals surface area contributed by atoms with Crippen molar-refractivity contribution in [1.82, 2.24) is 14.8 Å². The Labute approximate surface area is 103 Å². The van der Waals surface area contributed by atoms with Gasteiger partial charge < -0.3 is 4.74 Å². The SMILES string of the molecule is N#Cc1c(Cl)cccc1OCCn1cncn1. The van der Waals surface area contributed by atoms with Crippen LogP contribution >= 0.6 is 11.6 Å². The number of hydrogen-bond donors (Lipinski definition) is 0. The van der Waals surface area contributed by atoms with Crippen LogP contribution in [0.2, 0.25) is 5.02 Å². The molecule has 86 valence electrons. The van der Waals surface area contributed by atoms with E-state index in [1.165, 1.54) is 6.33 Å². The van der Waals surface area contributed by atoms with Crippen molar-refractivity contribution in [2.24, 2.45) is 0 Å². The van der Waals surface area contributed by atoms with Crippen LogP contribution in [0.25, 0.3) is 0 Å². The minimum Gasteiger partial charge on any atom is -0.490 e. The molecule has 0 saturated heterocycles. The Morgan fingerprint density at radius 2 is 2.35 bits per heavy atom. The molecule has 0 aliphatic carbocycles. The van der Waals surface area contributed by atoms with E-state index in [1.807, 2.05) is 6.07 Å². The van der Waals surface area contributed by atoms with Crippen LogP contribution in [0.3, 0.4) is 0 Å². The van der Waals surface area contributed by atoms with Gasteiger partial charge in [0.2, 0.25) is 0 Å². The average Bonchev–Trinajstić information content (AvgIpc) is 2.82. The Morgan fingerprint density at radius 1 is 1.47 bits per heavy atom. The molecule has 0 aliphatic rings. The highest BCUT2D eigenvalue weighted by Crippen LogP contribution is 2.25. The van der Waals surface area contributed by atoms with Crippen molar-refractivity contribution in [3.05, 3.63) is 41.4 Å². The van der Waals surface area contributed by atoms with Crippen LogP contribution in [-0.4, -0.2) is 21.4 Å². The summed E-state index contributed by atoms with van der Waals surface area (Å²) in [5, 5.41) is 13.3. The first-order chi connectivity index (χ1) is 8.31. The normalized spacial score (nSPS) is 9.88. The first-order valence-electron chi connectivity index (χ1n) is 4.95. The lowest BCUT2D eigenvalue weighted by atomic mass is 10.2. The third kappa shape index (κ3) is 2.74. The molecule has 1 aromatic carbocycles. The van der Waals surface area contributed by atoms with E-state index < -0.39 is 0 Å². The summed E-state index contributed by atoms with van der Waals surface area (Å²) in [6, 6.07) is 7.13. The third-order valence-corrected chi connectivity index (χ3v) is 2.45. The number of halogens is 1. The van der Waals surface area contributed by atoms with Gasteiger partial charge in [0, 0.05) is 0 Å². The molecule has 0 amide bonds. The monoisotopic (exact) mass is 248 g/mol. The smallest absolute Gasteiger partial charge is 0.138 e. The van der Waals surface area contributed by atoms with Crippen LogP contribution in [0.15, 0.2) is 30.9 Å². The van der Waals surface area contributed by atoms with E-state index in [9.17, 15) is 0 Å². The summed E-state index contributed by atoms with van der Waals surface area (Å²) in [5.41, 5.74) is 0.354. The van der Waals surface area contributed by atoms with Gasteiger partial charge in [-0.15, -0.1) is 0 Å². The molecule has 2 rings (SSSR count). The molecule has 0 spiro atoms. The van der Waals surface area contributed by atoms with Gasteiger partial charge in [0.25, 0.3) is 0 Å². The minimum absolute atomic E-state index is 0.354. The molecule has 0 fully saturated rings. The second-order valence-electron chi connectivity index (χ2n) is 3.23. The fourth-order valence-electron chi connectivity index (χ4n) is 1.33. The van der Waals surface area contributed by atoms with Crippen molar-refractivity contribution in [2.45, 2.75) is 6.54 Å². The summed E-state index contributed by atoms with van der Waals surface area (Å²) in [6.45, 7) is 0.968. The molecule has 0 N–H and O–H groups in total. The summed E-state index contributed by atoms with van der Waals surface area (Å²) in [5.74, 6) is 0.486. The molecule has 0 bridgehead atoms. The highest BCUT2D eigenvalue weighted by Gasteiger charge is 2.07. The largest absolute Gasteiger partial charge is 0.490 e. The zero-order chi connectivity index (χ0) is 12.1. The van der Waals surface area contributed by atoms with Crippen molar-refractivity contribution in [3.63, 3.8) is 0 Å². The molecule has 0 atom stereocenters.